The number of rotatable bonds is 9. The third kappa shape index (κ3) is 5.15. The van der Waals surface area contributed by atoms with Crippen molar-refractivity contribution in [3.63, 3.8) is 0 Å². The normalized spacial score (nSPS) is 12.0. The van der Waals surface area contributed by atoms with Crippen molar-refractivity contribution < 1.29 is 19.0 Å². The number of nitrogens with zero attached hydrogens (tertiary/aromatic N) is 1. The molecule has 0 bridgehead atoms. The molecule has 1 aromatic heterocycles. The van der Waals surface area contributed by atoms with Crippen molar-refractivity contribution >= 4 is 16.7 Å². The highest BCUT2D eigenvalue weighted by molar-refractivity contribution is 5.93. The van der Waals surface area contributed by atoms with Gasteiger partial charge in [0, 0.05) is 34.9 Å². The van der Waals surface area contributed by atoms with Crippen molar-refractivity contribution in [2.45, 2.75) is 38.7 Å². The molecule has 5 heteroatoms. The minimum absolute atomic E-state index is 0.0831. The summed E-state index contributed by atoms with van der Waals surface area (Å²) in [5.74, 6) is 0.406. The summed E-state index contributed by atoms with van der Waals surface area (Å²) in [5.41, 5.74) is 4.14. The molecule has 0 aliphatic heterocycles. The van der Waals surface area contributed by atoms with Crippen LogP contribution in [0.5, 0.6) is 5.75 Å². The fourth-order valence-electron chi connectivity index (χ4n) is 4.11. The van der Waals surface area contributed by atoms with E-state index in [-0.39, 0.29) is 18.0 Å². The molecule has 1 unspecified atom stereocenters. The molecule has 4 rings (SSSR count). The standard InChI is InChI=1S/C29H28FNO3/c1-3-21(32)13-14-22(33)17-19-12-15-27-20(16-19)18-25(23-8-4-6-10-26(23)30)29(31-27)24-9-5-7-11-28(24)34-2/h4-12,15-16,18,21,32H,3,13-14,17H2,1-2H3. The summed E-state index contributed by atoms with van der Waals surface area (Å²) in [6, 6.07) is 21.9. The molecule has 4 nitrogen and oxygen atoms in total. The second kappa shape index (κ2) is 10.6. The number of carbonyl (C=O) groups excluding carboxylic acids is 1. The minimum Gasteiger partial charge on any atom is -0.496 e. The molecule has 0 aliphatic rings. The van der Waals surface area contributed by atoms with Gasteiger partial charge in [-0.25, -0.2) is 9.37 Å². The van der Waals surface area contributed by atoms with Gasteiger partial charge in [-0.1, -0.05) is 43.3 Å². The Hall–Kier alpha value is -3.57. The lowest BCUT2D eigenvalue weighted by Gasteiger charge is -2.15. The lowest BCUT2D eigenvalue weighted by Crippen LogP contribution is -2.10. The third-order valence-electron chi connectivity index (χ3n) is 6.03. The van der Waals surface area contributed by atoms with Crippen LogP contribution in [0.4, 0.5) is 4.39 Å². The van der Waals surface area contributed by atoms with Gasteiger partial charge in [-0.15, -0.1) is 0 Å². The van der Waals surface area contributed by atoms with Crippen molar-refractivity contribution in [2.24, 2.45) is 0 Å². The molecule has 4 aromatic rings. The van der Waals surface area contributed by atoms with E-state index in [1.54, 1.807) is 25.3 Å². The number of hydrogen-bond acceptors (Lipinski definition) is 4. The average Bonchev–Trinajstić information content (AvgIpc) is 2.86. The molecule has 0 radical (unpaired) electrons. The predicted octanol–water partition coefficient (Wildman–Crippen LogP) is 6.38. The van der Waals surface area contributed by atoms with Crippen LogP contribution in [0.1, 0.15) is 31.7 Å². The van der Waals surface area contributed by atoms with Gasteiger partial charge in [0.1, 0.15) is 17.3 Å². The zero-order chi connectivity index (χ0) is 24.1. The van der Waals surface area contributed by atoms with E-state index in [2.05, 4.69) is 0 Å². The quantitative estimate of drug-likeness (QED) is 0.317. The van der Waals surface area contributed by atoms with Crippen LogP contribution < -0.4 is 4.74 Å². The third-order valence-corrected chi connectivity index (χ3v) is 6.03. The Labute approximate surface area is 199 Å². The van der Waals surface area contributed by atoms with Crippen molar-refractivity contribution in [2.75, 3.05) is 7.11 Å². The molecule has 1 N–H and O–H groups in total. The topological polar surface area (TPSA) is 59.4 Å². The summed E-state index contributed by atoms with van der Waals surface area (Å²) in [7, 11) is 1.60. The molecule has 174 valence electrons. The van der Waals surface area contributed by atoms with Gasteiger partial charge in [-0.3, -0.25) is 4.79 Å². The first kappa shape index (κ1) is 23.6. The maximum absolute atomic E-state index is 14.9. The second-order valence-corrected chi connectivity index (χ2v) is 8.41. The maximum Gasteiger partial charge on any atom is 0.137 e. The Morgan fingerprint density at radius 1 is 1.00 bits per heavy atom. The molecule has 1 atom stereocenters. The molecule has 34 heavy (non-hydrogen) atoms. The predicted molar refractivity (Wildman–Crippen MR) is 133 cm³/mol. The highest BCUT2D eigenvalue weighted by Crippen LogP contribution is 2.38. The highest BCUT2D eigenvalue weighted by atomic mass is 19.1. The molecule has 0 spiro atoms. The van der Waals surface area contributed by atoms with E-state index in [4.69, 9.17) is 9.72 Å². The molecule has 0 aliphatic carbocycles. The number of pyridine rings is 1. The van der Waals surface area contributed by atoms with Crippen LogP contribution in [0.25, 0.3) is 33.3 Å². The number of fused-ring (bicyclic) bond motifs is 1. The number of aliphatic hydroxyl groups excluding tert-OH is 1. The van der Waals surface area contributed by atoms with Crippen molar-refractivity contribution in [3.8, 4) is 28.1 Å². The summed E-state index contributed by atoms with van der Waals surface area (Å²) in [5, 5.41) is 10.6. The largest absolute Gasteiger partial charge is 0.496 e. The number of carbonyl (C=O) groups is 1. The smallest absolute Gasteiger partial charge is 0.137 e. The number of methoxy groups -OCH3 is 1. The number of hydrogen-bond donors (Lipinski definition) is 1. The number of aliphatic hydroxyl groups is 1. The monoisotopic (exact) mass is 457 g/mol. The second-order valence-electron chi connectivity index (χ2n) is 8.41. The van der Waals surface area contributed by atoms with Gasteiger partial charge in [-0.05, 0) is 54.8 Å². The van der Waals surface area contributed by atoms with E-state index >= 15 is 0 Å². The Bertz CT molecular complexity index is 1320. The number of ketones is 1. The Morgan fingerprint density at radius 2 is 1.74 bits per heavy atom. The van der Waals surface area contributed by atoms with Crippen LogP contribution in [-0.4, -0.2) is 29.1 Å². The van der Waals surface area contributed by atoms with E-state index in [1.165, 1.54) is 6.07 Å². The first-order valence-electron chi connectivity index (χ1n) is 11.5. The Morgan fingerprint density at radius 3 is 2.47 bits per heavy atom. The minimum atomic E-state index is -0.443. The number of benzene rings is 3. The molecule has 0 saturated heterocycles. The zero-order valence-corrected chi connectivity index (χ0v) is 19.4. The van der Waals surface area contributed by atoms with E-state index in [1.807, 2.05) is 55.5 Å². The summed E-state index contributed by atoms with van der Waals surface area (Å²) < 4.78 is 20.4. The summed E-state index contributed by atoms with van der Waals surface area (Å²) >= 11 is 0. The van der Waals surface area contributed by atoms with Crippen LogP contribution in [0.3, 0.4) is 0 Å². The van der Waals surface area contributed by atoms with Gasteiger partial charge in [0.05, 0.1) is 24.4 Å². The van der Waals surface area contributed by atoms with Gasteiger partial charge in [0.2, 0.25) is 0 Å². The lowest BCUT2D eigenvalue weighted by molar-refractivity contribution is -0.119. The van der Waals surface area contributed by atoms with Gasteiger partial charge in [-0.2, -0.15) is 0 Å². The summed E-state index contributed by atoms with van der Waals surface area (Å²) in [4.78, 5) is 17.3. The number of Topliss-reactive ketones (excluding diaryl/α,β-unsaturated/α-hetero) is 1. The highest BCUT2D eigenvalue weighted by Gasteiger charge is 2.17. The van der Waals surface area contributed by atoms with Crippen LogP contribution in [0.2, 0.25) is 0 Å². The fraction of sp³-hybridized carbons (Fsp3) is 0.241. The first-order valence-corrected chi connectivity index (χ1v) is 11.5. The number of aromatic nitrogens is 1. The van der Waals surface area contributed by atoms with E-state index in [0.29, 0.717) is 41.8 Å². The van der Waals surface area contributed by atoms with Crippen molar-refractivity contribution in [1.82, 2.24) is 4.98 Å². The molecular formula is C29H28FNO3. The van der Waals surface area contributed by atoms with Gasteiger partial charge >= 0.3 is 0 Å². The fourth-order valence-corrected chi connectivity index (χ4v) is 4.11. The van der Waals surface area contributed by atoms with Crippen LogP contribution in [0, 0.1) is 5.82 Å². The van der Waals surface area contributed by atoms with Crippen LogP contribution >= 0.6 is 0 Å². The van der Waals surface area contributed by atoms with E-state index in [0.717, 1.165) is 22.0 Å². The van der Waals surface area contributed by atoms with Crippen LogP contribution in [0.15, 0.2) is 72.8 Å². The van der Waals surface area contributed by atoms with Crippen LogP contribution in [-0.2, 0) is 11.2 Å². The summed E-state index contributed by atoms with van der Waals surface area (Å²) in [6.07, 6.45) is 1.31. The average molecular weight is 458 g/mol. The van der Waals surface area contributed by atoms with Crippen molar-refractivity contribution in [3.05, 3.63) is 84.2 Å². The molecule has 0 saturated carbocycles. The SMILES string of the molecule is CCC(O)CCC(=O)Cc1ccc2nc(-c3ccccc3OC)c(-c3ccccc3F)cc2c1. The molecular weight excluding hydrogens is 429 g/mol. The van der Waals surface area contributed by atoms with Gasteiger partial charge in [0.25, 0.3) is 0 Å². The van der Waals surface area contributed by atoms with E-state index in [9.17, 15) is 14.3 Å². The molecule has 3 aromatic carbocycles. The number of ether oxygens (including phenoxy) is 1. The van der Waals surface area contributed by atoms with Gasteiger partial charge < -0.3 is 9.84 Å². The number of halogens is 1. The molecule has 0 fully saturated rings. The summed E-state index contributed by atoms with van der Waals surface area (Å²) in [6.45, 7) is 1.90. The lowest BCUT2D eigenvalue weighted by atomic mass is 9.95. The maximum atomic E-state index is 14.9. The van der Waals surface area contributed by atoms with Gasteiger partial charge in [0.15, 0.2) is 0 Å². The molecule has 1 heterocycles. The zero-order valence-electron chi connectivity index (χ0n) is 19.4. The number of para-hydroxylation sites is 1. The Balaban J connectivity index is 1.79. The van der Waals surface area contributed by atoms with E-state index < -0.39 is 6.10 Å². The van der Waals surface area contributed by atoms with Crippen molar-refractivity contribution in [1.29, 1.82) is 0 Å². The first-order chi connectivity index (χ1) is 16.5. The molecule has 0 amide bonds. The Kier molecular flexibility index (Phi) is 7.33.